The zero-order chi connectivity index (χ0) is 23.0. The third-order valence-corrected chi connectivity index (χ3v) is 32.2. The molecule has 2 aromatic carbocycles. The summed E-state index contributed by atoms with van der Waals surface area (Å²) in [5.41, 5.74) is 0. The Morgan fingerprint density at radius 3 is 1.06 bits per heavy atom. The summed E-state index contributed by atoms with van der Waals surface area (Å²) >= 11 is 0. The number of rotatable bonds is 13. The van der Waals surface area contributed by atoms with Gasteiger partial charge in [-0.25, -0.2) is 0 Å². The molecule has 172 valence electrons. The minimum atomic E-state index is -3.75. The lowest BCUT2D eigenvalue weighted by molar-refractivity contribution is 0.100. The van der Waals surface area contributed by atoms with Crippen molar-refractivity contribution in [3.63, 3.8) is 0 Å². The molecule has 0 aliphatic heterocycles. The molecule has 0 saturated carbocycles. The van der Waals surface area contributed by atoms with E-state index in [-0.39, 0.29) is 0 Å². The van der Waals surface area contributed by atoms with Crippen molar-refractivity contribution in [3.05, 3.63) is 60.7 Å². The normalized spacial score (nSPS) is 13.0. The van der Waals surface area contributed by atoms with Crippen molar-refractivity contribution in [2.45, 2.75) is 0 Å². The van der Waals surface area contributed by atoms with Crippen LogP contribution in [0, 0.1) is 0 Å². The van der Waals surface area contributed by atoms with Gasteiger partial charge in [0.2, 0.25) is 9.04 Å². The molecule has 0 heterocycles. The Labute approximate surface area is 189 Å². The maximum Gasteiger partial charge on any atom is 0.542 e. The first-order chi connectivity index (χ1) is 15.0. The molecule has 0 aromatic heterocycles. The maximum absolute atomic E-state index is 7.06. The quantitative estimate of drug-likeness (QED) is 0.369. The molecular formula is C19H32O8Si4. The summed E-state index contributed by atoms with van der Waals surface area (Å²) in [5.74, 6) is 0. The number of benzene rings is 2. The highest BCUT2D eigenvalue weighted by atomic mass is 29.7. The van der Waals surface area contributed by atoms with E-state index in [2.05, 4.69) is 0 Å². The topological polar surface area (TPSA) is 73.8 Å². The van der Waals surface area contributed by atoms with E-state index in [1.165, 1.54) is 42.7 Å². The molecule has 2 aromatic rings. The molecule has 0 saturated heterocycles. The summed E-state index contributed by atoms with van der Waals surface area (Å²) in [6.07, 6.45) is 0. The van der Waals surface area contributed by atoms with E-state index < -0.39 is 33.3 Å². The number of hydrogen-bond donors (Lipinski definition) is 0. The molecule has 0 bridgehead atoms. The highest BCUT2D eigenvalue weighted by Gasteiger charge is 2.84. The van der Waals surface area contributed by atoms with E-state index in [9.17, 15) is 0 Å². The summed E-state index contributed by atoms with van der Waals surface area (Å²) in [5, 5.41) is 2.11. The second kappa shape index (κ2) is 11.7. The van der Waals surface area contributed by atoms with Gasteiger partial charge >= 0.3 is 24.2 Å². The van der Waals surface area contributed by atoms with Gasteiger partial charge in [-0.15, -0.1) is 0 Å². The SMILES string of the molecule is CO[Si](OC)(OC)[Si](OC)(O[SiH](c1ccccc1)c1ccccc1)[Si](OC)(OC)OC. The Balaban J connectivity index is 2.80. The van der Waals surface area contributed by atoms with E-state index in [1.54, 1.807) is 7.11 Å². The molecule has 0 radical (unpaired) electrons. The van der Waals surface area contributed by atoms with Crippen molar-refractivity contribution in [1.82, 2.24) is 0 Å². The zero-order valence-corrected chi connectivity index (χ0v) is 23.3. The monoisotopic (exact) mass is 500 g/mol. The first-order valence-corrected chi connectivity index (χ1v) is 18.5. The van der Waals surface area contributed by atoms with E-state index in [1.807, 2.05) is 60.7 Å². The van der Waals surface area contributed by atoms with Crippen LogP contribution in [0.1, 0.15) is 0 Å². The summed E-state index contributed by atoms with van der Waals surface area (Å²) in [4.78, 5) is 0. The molecule has 0 atom stereocenters. The van der Waals surface area contributed by atoms with Crippen molar-refractivity contribution in [2.24, 2.45) is 0 Å². The molecular weight excluding hydrogens is 469 g/mol. The lowest BCUT2D eigenvalue weighted by Gasteiger charge is -2.46. The molecule has 0 N–H and O–H groups in total. The molecule has 0 fully saturated rings. The molecule has 8 nitrogen and oxygen atoms in total. The average Bonchev–Trinajstić information content (AvgIpc) is 2.85. The van der Waals surface area contributed by atoms with Crippen LogP contribution in [-0.2, 0) is 35.1 Å². The Hall–Kier alpha value is -1.01. The number of hydrogen-bond acceptors (Lipinski definition) is 8. The van der Waals surface area contributed by atoms with Gasteiger partial charge < -0.3 is 35.1 Å². The highest BCUT2D eigenvalue weighted by molar-refractivity contribution is 7.58. The lowest BCUT2D eigenvalue weighted by Crippen LogP contribution is -2.87. The van der Waals surface area contributed by atoms with E-state index in [0.29, 0.717) is 0 Å². The summed E-state index contributed by atoms with van der Waals surface area (Å²) in [6.45, 7) is 0. The fourth-order valence-electron chi connectivity index (χ4n) is 3.69. The molecule has 2 rings (SSSR count). The third kappa shape index (κ3) is 4.70. The van der Waals surface area contributed by atoms with Crippen molar-refractivity contribution in [1.29, 1.82) is 0 Å². The van der Waals surface area contributed by atoms with Crippen LogP contribution in [0.2, 0.25) is 0 Å². The first-order valence-electron chi connectivity index (χ1n) is 9.63. The predicted molar refractivity (Wildman–Crippen MR) is 127 cm³/mol. The van der Waals surface area contributed by atoms with Crippen molar-refractivity contribution >= 4 is 43.7 Å². The molecule has 0 unspecified atom stereocenters. The summed E-state index contributed by atoms with van der Waals surface area (Å²) in [7, 11) is -2.66. The third-order valence-electron chi connectivity index (χ3n) is 5.19. The van der Waals surface area contributed by atoms with Crippen LogP contribution in [0.5, 0.6) is 0 Å². The van der Waals surface area contributed by atoms with Gasteiger partial charge in [0, 0.05) is 49.8 Å². The van der Waals surface area contributed by atoms with Crippen LogP contribution < -0.4 is 10.4 Å². The van der Waals surface area contributed by atoms with Crippen LogP contribution in [0.15, 0.2) is 60.7 Å². The van der Waals surface area contributed by atoms with Gasteiger partial charge in [-0.2, -0.15) is 0 Å². The average molecular weight is 501 g/mol. The Morgan fingerprint density at radius 1 is 0.484 bits per heavy atom. The van der Waals surface area contributed by atoms with Gasteiger partial charge in [0.15, 0.2) is 0 Å². The maximum atomic E-state index is 7.06. The van der Waals surface area contributed by atoms with Crippen LogP contribution >= 0.6 is 0 Å². The van der Waals surface area contributed by atoms with Gasteiger partial charge in [-0.05, 0) is 10.4 Å². The predicted octanol–water partition coefficient (Wildman–Crippen LogP) is 0.543. The lowest BCUT2D eigenvalue weighted by atomic mass is 10.4. The minimum Gasteiger partial charge on any atom is -0.425 e. The Morgan fingerprint density at radius 2 is 0.806 bits per heavy atom. The smallest absolute Gasteiger partial charge is 0.425 e. The highest BCUT2D eigenvalue weighted by Crippen LogP contribution is 2.34. The van der Waals surface area contributed by atoms with Crippen LogP contribution in [-0.4, -0.2) is 83.0 Å². The first kappa shape index (κ1) is 26.2. The van der Waals surface area contributed by atoms with Crippen molar-refractivity contribution in [2.75, 3.05) is 49.8 Å². The molecule has 0 aliphatic rings. The largest absolute Gasteiger partial charge is 0.542 e. The van der Waals surface area contributed by atoms with Crippen molar-refractivity contribution in [3.8, 4) is 0 Å². The molecule has 0 spiro atoms. The summed E-state index contributed by atoms with van der Waals surface area (Å²) < 4.78 is 48.7. The Kier molecular flexibility index (Phi) is 9.93. The molecule has 0 amide bonds. The summed E-state index contributed by atoms with van der Waals surface area (Å²) in [6, 6.07) is 20.1. The minimum absolute atomic E-state index is 1.06. The van der Waals surface area contributed by atoms with Gasteiger partial charge in [0.25, 0.3) is 0 Å². The fourth-order valence-corrected chi connectivity index (χ4v) is 33.7. The van der Waals surface area contributed by atoms with E-state index in [4.69, 9.17) is 35.1 Å². The zero-order valence-electron chi connectivity index (χ0n) is 19.1. The molecule has 31 heavy (non-hydrogen) atoms. The Bertz CT molecular complexity index is 699. The van der Waals surface area contributed by atoms with Gasteiger partial charge in [-0.1, -0.05) is 60.7 Å². The van der Waals surface area contributed by atoms with Gasteiger partial charge in [-0.3, -0.25) is 0 Å². The fraction of sp³-hybridized carbons (Fsp3) is 0.368. The van der Waals surface area contributed by atoms with Gasteiger partial charge in [0.1, 0.15) is 0 Å². The second-order valence-corrected chi connectivity index (χ2v) is 25.0. The van der Waals surface area contributed by atoms with E-state index in [0.717, 1.165) is 10.4 Å². The van der Waals surface area contributed by atoms with E-state index >= 15 is 0 Å². The second-order valence-electron chi connectivity index (χ2n) is 6.48. The standard InChI is InChI=1S/C19H32O8Si4/c1-20-29(21-2,22-3)31(26-7,30(23-4,24-5)25-6)27-28(18-14-10-8-11-15-18)19-16-12-9-13-17-19/h8-17,28H,1-7H3. The molecule has 12 heteroatoms. The van der Waals surface area contributed by atoms with Crippen LogP contribution in [0.4, 0.5) is 0 Å². The molecule has 0 aliphatic carbocycles. The van der Waals surface area contributed by atoms with Crippen LogP contribution in [0.25, 0.3) is 0 Å². The van der Waals surface area contributed by atoms with Crippen molar-refractivity contribution < 1.29 is 35.1 Å². The van der Waals surface area contributed by atoms with Crippen LogP contribution in [0.3, 0.4) is 0 Å². The van der Waals surface area contributed by atoms with Gasteiger partial charge in [0.05, 0.1) is 0 Å².